The lowest BCUT2D eigenvalue weighted by molar-refractivity contribution is 0.198. The molecule has 3 nitrogen and oxygen atoms in total. The van der Waals surface area contributed by atoms with Crippen LogP contribution in [0.4, 0.5) is 0 Å². The van der Waals surface area contributed by atoms with Gasteiger partial charge in [0.05, 0.1) is 17.6 Å². The maximum absolute atomic E-state index is 12.0. The highest BCUT2D eigenvalue weighted by Crippen LogP contribution is 2.16. The summed E-state index contributed by atoms with van der Waals surface area (Å²) < 4.78 is 29.1. The Morgan fingerprint density at radius 1 is 1.28 bits per heavy atom. The van der Waals surface area contributed by atoms with Gasteiger partial charge in [-0.2, -0.15) is 0 Å². The molecular weight excluding hydrogens is 248 g/mol. The molecule has 0 bridgehead atoms. The van der Waals surface area contributed by atoms with Crippen LogP contribution in [0.5, 0.6) is 0 Å². The molecule has 2 rings (SSSR count). The van der Waals surface area contributed by atoms with Crippen molar-refractivity contribution in [2.45, 2.75) is 31.4 Å². The van der Waals surface area contributed by atoms with E-state index in [2.05, 4.69) is 24.3 Å². The molecule has 1 fully saturated rings. The number of benzene rings is 1. The van der Waals surface area contributed by atoms with Gasteiger partial charge < -0.3 is 4.74 Å². The van der Waals surface area contributed by atoms with Crippen molar-refractivity contribution in [1.82, 2.24) is 0 Å². The minimum absolute atomic E-state index is 0.268. The third-order valence-corrected chi connectivity index (χ3v) is 5.66. The highest BCUT2D eigenvalue weighted by molar-refractivity contribution is 7.92. The van der Waals surface area contributed by atoms with Crippen LogP contribution in [-0.2, 0) is 21.0 Å². The van der Waals surface area contributed by atoms with Gasteiger partial charge in [0.2, 0.25) is 0 Å². The Morgan fingerprint density at radius 2 is 2.00 bits per heavy atom. The van der Waals surface area contributed by atoms with Crippen molar-refractivity contribution < 1.29 is 13.2 Å². The minimum Gasteiger partial charge on any atom is -0.380 e. The van der Waals surface area contributed by atoms with Crippen LogP contribution in [-0.4, -0.2) is 32.6 Å². The first-order valence-electron chi connectivity index (χ1n) is 6.43. The van der Waals surface area contributed by atoms with Crippen LogP contribution in [0.2, 0.25) is 0 Å². The average Bonchev–Trinajstić information content (AvgIpc) is 2.86. The van der Waals surface area contributed by atoms with Crippen molar-refractivity contribution in [2.24, 2.45) is 0 Å². The second-order valence-corrected chi connectivity index (χ2v) is 7.34. The van der Waals surface area contributed by atoms with Gasteiger partial charge in [-0.25, -0.2) is 8.42 Å². The summed E-state index contributed by atoms with van der Waals surface area (Å²) in [6.45, 7) is 3.02. The molecule has 100 valence electrons. The van der Waals surface area contributed by atoms with Crippen LogP contribution >= 0.6 is 0 Å². The van der Waals surface area contributed by atoms with Crippen LogP contribution in [0.3, 0.4) is 0 Å². The van der Waals surface area contributed by atoms with Crippen LogP contribution in [0, 0.1) is 6.92 Å². The van der Waals surface area contributed by atoms with Gasteiger partial charge in [0, 0.05) is 6.61 Å². The van der Waals surface area contributed by atoms with E-state index in [1.165, 1.54) is 11.1 Å². The summed E-state index contributed by atoms with van der Waals surface area (Å²) in [6, 6.07) is 8.27. The monoisotopic (exact) mass is 268 g/mol. The first-order valence-corrected chi connectivity index (χ1v) is 8.14. The van der Waals surface area contributed by atoms with Gasteiger partial charge in [0.25, 0.3) is 0 Å². The third kappa shape index (κ3) is 3.56. The van der Waals surface area contributed by atoms with Crippen LogP contribution in [0.15, 0.2) is 24.3 Å². The van der Waals surface area contributed by atoms with E-state index < -0.39 is 9.84 Å². The van der Waals surface area contributed by atoms with Crippen molar-refractivity contribution in [3.8, 4) is 0 Å². The van der Waals surface area contributed by atoms with Crippen LogP contribution < -0.4 is 0 Å². The average molecular weight is 268 g/mol. The summed E-state index contributed by atoms with van der Waals surface area (Å²) in [4.78, 5) is 0. The Kier molecular flexibility index (Phi) is 4.40. The van der Waals surface area contributed by atoms with Crippen molar-refractivity contribution in [3.63, 3.8) is 0 Å². The van der Waals surface area contributed by atoms with E-state index in [9.17, 15) is 8.42 Å². The molecule has 1 aliphatic heterocycles. The van der Waals surface area contributed by atoms with Crippen molar-refractivity contribution in [2.75, 3.05) is 19.0 Å². The summed E-state index contributed by atoms with van der Waals surface area (Å²) in [6.07, 6.45) is 2.18. The fraction of sp³-hybridized carbons (Fsp3) is 0.571. The number of aryl methyl sites for hydroxylation is 2. The standard InChI is InChI=1S/C14H20O3S/c1-12-4-6-13(7-5-12)3-2-10-18(15,16)14-8-9-17-11-14/h4-7,14H,2-3,8-11H2,1H3. The van der Waals surface area contributed by atoms with E-state index in [0.29, 0.717) is 26.1 Å². The fourth-order valence-corrected chi connectivity index (χ4v) is 3.83. The minimum atomic E-state index is -2.96. The van der Waals surface area contributed by atoms with Gasteiger partial charge in [0.1, 0.15) is 0 Å². The lowest BCUT2D eigenvalue weighted by Gasteiger charge is -2.09. The molecule has 0 amide bonds. The number of rotatable bonds is 5. The van der Waals surface area contributed by atoms with E-state index in [4.69, 9.17) is 4.74 Å². The molecule has 0 aromatic heterocycles. The van der Waals surface area contributed by atoms with Crippen molar-refractivity contribution >= 4 is 9.84 Å². The lowest BCUT2D eigenvalue weighted by Crippen LogP contribution is -2.24. The fourth-order valence-electron chi connectivity index (χ4n) is 2.20. The summed E-state index contributed by atoms with van der Waals surface area (Å²) in [5.41, 5.74) is 2.44. The van der Waals surface area contributed by atoms with E-state index >= 15 is 0 Å². The number of sulfone groups is 1. The number of hydrogen-bond acceptors (Lipinski definition) is 3. The van der Waals surface area contributed by atoms with E-state index in [1.807, 2.05) is 6.92 Å². The molecule has 0 N–H and O–H groups in total. The summed E-state index contributed by atoms with van der Waals surface area (Å²) in [7, 11) is -2.96. The van der Waals surface area contributed by atoms with Gasteiger partial charge in [0.15, 0.2) is 9.84 Å². The zero-order valence-electron chi connectivity index (χ0n) is 10.8. The topological polar surface area (TPSA) is 43.4 Å². The molecule has 0 radical (unpaired) electrons. The molecule has 1 atom stereocenters. The smallest absolute Gasteiger partial charge is 0.155 e. The predicted octanol–water partition coefficient (Wildman–Crippen LogP) is 2.13. The van der Waals surface area contributed by atoms with Gasteiger partial charge in [-0.1, -0.05) is 29.8 Å². The van der Waals surface area contributed by atoms with Crippen molar-refractivity contribution in [1.29, 1.82) is 0 Å². The quantitative estimate of drug-likeness (QED) is 0.821. The zero-order chi connectivity index (χ0) is 13.0. The lowest BCUT2D eigenvalue weighted by atomic mass is 10.1. The molecule has 1 unspecified atom stereocenters. The normalized spacial score (nSPS) is 20.2. The Bertz CT molecular complexity index is 470. The Balaban J connectivity index is 1.82. The largest absolute Gasteiger partial charge is 0.380 e. The highest BCUT2D eigenvalue weighted by atomic mass is 32.2. The van der Waals surface area contributed by atoms with Crippen LogP contribution in [0.25, 0.3) is 0 Å². The molecule has 1 saturated heterocycles. The summed E-state index contributed by atoms with van der Waals surface area (Å²) in [5, 5.41) is -0.268. The molecule has 0 spiro atoms. The molecule has 1 aromatic carbocycles. The maximum atomic E-state index is 12.0. The van der Waals surface area contributed by atoms with Crippen LogP contribution in [0.1, 0.15) is 24.0 Å². The first-order chi connectivity index (χ1) is 8.58. The van der Waals surface area contributed by atoms with E-state index in [1.54, 1.807) is 0 Å². The molecule has 1 aromatic rings. The first kappa shape index (κ1) is 13.6. The van der Waals surface area contributed by atoms with Gasteiger partial charge in [-0.05, 0) is 31.7 Å². The van der Waals surface area contributed by atoms with Gasteiger partial charge >= 0.3 is 0 Å². The predicted molar refractivity (Wildman–Crippen MR) is 72.5 cm³/mol. The third-order valence-electron chi connectivity index (χ3n) is 3.41. The Hall–Kier alpha value is -0.870. The maximum Gasteiger partial charge on any atom is 0.155 e. The Morgan fingerprint density at radius 3 is 2.61 bits per heavy atom. The van der Waals surface area contributed by atoms with Crippen molar-refractivity contribution in [3.05, 3.63) is 35.4 Å². The molecule has 18 heavy (non-hydrogen) atoms. The highest BCUT2D eigenvalue weighted by Gasteiger charge is 2.28. The van der Waals surface area contributed by atoms with Gasteiger partial charge in [-0.15, -0.1) is 0 Å². The molecule has 0 aliphatic carbocycles. The summed E-state index contributed by atoms with van der Waals surface area (Å²) >= 11 is 0. The molecule has 0 saturated carbocycles. The Labute approximate surface area is 109 Å². The summed E-state index contributed by atoms with van der Waals surface area (Å²) in [5.74, 6) is 0.273. The molecule has 1 aliphatic rings. The molecule has 1 heterocycles. The van der Waals surface area contributed by atoms with E-state index in [0.717, 1.165) is 6.42 Å². The zero-order valence-corrected chi connectivity index (χ0v) is 11.6. The molecule has 4 heteroatoms. The second-order valence-electron chi connectivity index (χ2n) is 4.94. The SMILES string of the molecule is Cc1ccc(CCCS(=O)(=O)C2CCOC2)cc1. The van der Waals surface area contributed by atoms with E-state index in [-0.39, 0.29) is 11.0 Å². The second kappa shape index (κ2) is 5.85. The number of ether oxygens (including phenoxy) is 1. The number of hydrogen-bond donors (Lipinski definition) is 0. The van der Waals surface area contributed by atoms with Gasteiger partial charge in [-0.3, -0.25) is 0 Å². The molecular formula is C14H20O3S.